The van der Waals surface area contributed by atoms with Crippen LogP contribution in [0, 0.1) is 11.6 Å². The van der Waals surface area contributed by atoms with Crippen molar-refractivity contribution in [2.24, 2.45) is 0 Å². The van der Waals surface area contributed by atoms with E-state index in [1.54, 1.807) is 0 Å². The summed E-state index contributed by atoms with van der Waals surface area (Å²) < 4.78 is 26.5. The maximum atomic E-state index is 13.4. The molecule has 38 heavy (non-hydrogen) atoms. The number of nitrogens with zero attached hydrogens (tertiary/aromatic N) is 3. The highest BCUT2D eigenvalue weighted by Gasteiger charge is 2.26. The van der Waals surface area contributed by atoms with Crippen molar-refractivity contribution >= 4 is 34.5 Å². The number of para-hydroxylation sites is 2. The lowest BCUT2D eigenvalue weighted by Crippen LogP contribution is -2.38. The van der Waals surface area contributed by atoms with Gasteiger partial charge in [-0.15, -0.1) is 11.3 Å². The summed E-state index contributed by atoms with van der Waals surface area (Å²) >= 11 is 1.49. The van der Waals surface area contributed by atoms with Gasteiger partial charge in [0.2, 0.25) is 5.91 Å². The average molecular weight is 539 g/mol. The molecule has 2 aliphatic heterocycles. The van der Waals surface area contributed by atoms with Gasteiger partial charge in [-0.3, -0.25) is 9.59 Å². The molecule has 0 radical (unpaired) electrons. The Kier molecular flexibility index (Phi) is 8.32. The average Bonchev–Trinajstić information content (AvgIpc) is 3.45. The maximum Gasteiger partial charge on any atom is 0.275 e. The van der Waals surface area contributed by atoms with Gasteiger partial charge in [-0.1, -0.05) is 18.2 Å². The van der Waals surface area contributed by atoms with Crippen molar-refractivity contribution in [3.63, 3.8) is 0 Å². The van der Waals surface area contributed by atoms with Crippen LogP contribution < -0.4 is 10.2 Å². The molecule has 2 fully saturated rings. The fourth-order valence-corrected chi connectivity index (χ4v) is 6.21. The molecule has 5 rings (SSSR count). The smallest absolute Gasteiger partial charge is 0.275 e. The van der Waals surface area contributed by atoms with Crippen LogP contribution in [-0.4, -0.2) is 47.9 Å². The predicted molar refractivity (Wildman–Crippen MR) is 146 cm³/mol. The number of benzene rings is 2. The summed E-state index contributed by atoms with van der Waals surface area (Å²) in [7, 11) is 0. The van der Waals surface area contributed by atoms with Gasteiger partial charge in [0.1, 0.15) is 5.69 Å². The standard InChI is InChI=1S/C29H32F2N4O2S/c30-22-10-8-20(18-23(22)31)9-11-27(36)35-16-12-21(13-17-35)29-33-25(19-38-29)28(37)32-24-6-2-3-7-26(24)34-14-4-1-5-15-34/h2-3,6-8,10,18-19,21H,1,4-5,9,11-17H2,(H,32,37). The molecular formula is C29H32F2N4O2S. The minimum absolute atomic E-state index is 0.0137. The second kappa shape index (κ2) is 12.0. The number of halogens is 2. The zero-order valence-electron chi connectivity index (χ0n) is 21.3. The number of carbonyl (C=O) groups is 2. The molecule has 2 amide bonds. The number of likely N-dealkylation sites (tertiary alicyclic amines) is 1. The summed E-state index contributed by atoms with van der Waals surface area (Å²) in [5, 5.41) is 5.80. The third-order valence-electron chi connectivity index (χ3n) is 7.41. The molecule has 0 atom stereocenters. The largest absolute Gasteiger partial charge is 0.370 e. The number of carbonyl (C=O) groups excluding carboxylic acids is 2. The Labute approximate surface area is 225 Å². The topological polar surface area (TPSA) is 65.5 Å². The second-order valence-electron chi connectivity index (χ2n) is 9.99. The van der Waals surface area contributed by atoms with E-state index in [4.69, 9.17) is 0 Å². The van der Waals surface area contributed by atoms with Crippen molar-refractivity contribution in [2.75, 3.05) is 36.4 Å². The highest BCUT2D eigenvalue weighted by Crippen LogP contribution is 2.32. The molecule has 1 N–H and O–H groups in total. The number of hydrogen-bond acceptors (Lipinski definition) is 5. The molecule has 0 spiro atoms. The number of amides is 2. The minimum Gasteiger partial charge on any atom is -0.370 e. The van der Waals surface area contributed by atoms with E-state index in [2.05, 4.69) is 21.3 Å². The Balaban J connectivity index is 1.13. The lowest BCUT2D eigenvalue weighted by molar-refractivity contribution is -0.132. The van der Waals surface area contributed by atoms with Crippen LogP contribution in [0.15, 0.2) is 47.8 Å². The number of piperidine rings is 2. The van der Waals surface area contributed by atoms with Crippen LogP contribution in [-0.2, 0) is 11.2 Å². The van der Waals surface area contributed by atoms with E-state index in [1.165, 1.54) is 23.8 Å². The van der Waals surface area contributed by atoms with Gasteiger partial charge in [0.25, 0.3) is 5.91 Å². The van der Waals surface area contributed by atoms with Crippen molar-refractivity contribution in [2.45, 2.75) is 50.9 Å². The lowest BCUT2D eigenvalue weighted by Gasteiger charge is -2.31. The monoisotopic (exact) mass is 538 g/mol. The number of rotatable bonds is 7. The normalized spacial score (nSPS) is 16.5. The summed E-state index contributed by atoms with van der Waals surface area (Å²) in [6, 6.07) is 11.7. The summed E-state index contributed by atoms with van der Waals surface area (Å²) in [5.74, 6) is -1.76. The van der Waals surface area contributed by atoms with Gasteiger partial charge in [-0.05, 0) is 68.4 Å². The molecule has 0 unspecified atom stereocenters. The molecular weight excluding hydrogens is 506 g/mol. The minimum atomic E-state index is -0.890. The van der Waals surface area contributed by atoms with E-state index in [0.717, 1.165) is 67.3 Å². The summed E-state index contributed by atoms with van der Waals surface area (Å²) in [6.45, 7) is 3.23. The predicted octanol–water partition coefficient (Wildman–Crippen LogP) is 6.00. The summed E-state index contributed by atoms with van der Waals surface area (Å²) in [4.78, 5) is 34.5. The van der Waals surface area contributed by atoms with Crippen molar-refractivity contribution < 1.29 is 18.4 Å². The molecule has 3 heterocycles. The second-order valence-corrected chi connectivity index (χ2v) is 10.9. The van der Waals surface area contributed by atoms with E-state index in [1.807, 2.05) is 28.5 Å². The molecule has 0 saturated carbocycles. The first-order valence-corrected chi connectivity index (χ1v) is 14.2. The van der Waals surface area contributed by atoms with E-state index >= 15 is 0 Å². The van der Waals surface area contributed by atoms with Gasteiger partial charge >= 0.3 is 0 Å². The van der Waals surface area contributed by atoms with Crippen LogP contribution in [0.3, 0.4) is 0 Å². The van der Waals surface area contributed by atoms with Crippen LogP contribution in [0.4, 0.5) is 20.2 Å². The molecule has 6 nitrogen and oxygen atoms in total. The molecule has 200 valence electrons. The fourth-order valence-electron chi connectivity index (χ4n) is 5.24. The number of aryl methyl sites for hydroxylation is 1. The van der Waals surface area contributed by atoms with Crippen molar-refractivity contribution in [3.8, 4) is 0 Å². The molecule has 1 aromatic heterocycles. The third kappa shape index (κ3) is 6.20. The van der Waals surface area contributed by atoms with E-state index in [0.29, 0.717) is 30.8 Å². The third-order valence-corrected chi connectivity index (χ3v) is 8.42. The Morgan fingerprint density at radius 3 is 2.50 bits per heavy atom. The van der Waals surface area contributed by atoms with Crippen molar-refractivity contribution in [1.82, 2.24) is 9.88 Å². The number of thiazole rings is 1. The quantitative estimate of drug-likeness (QED) is 0.401. The zero-order valence-corrected chi connectivity index (χ0v) is 22.1. The van der Waals surface area contributed by atoms with Crippen LogP contribution in [0.25, 0.3) is 0 Å². The first-order chi connectivity index (χ1) is 18.5. The zero-order chi connectivity index (χ0) is 26.5. The van der Waals surface area contributed by atoms with Gasteiger partial charge in [0.05, 0.1) is 16.4 Å². The van der Waals surface area contributed by atoms with E-state index < -0.39 is 11.6 Å². The molecule has 2 saturated heterocycles. The number of anilines is 2. The molecule has 2 aromatic carbocycles. The highest BCUT2D eigenvalue weighted by molar-refractivity contribution is 7.10. The molecule has 3 aromatic rings. The number of aromatic nitrogens is 1. The van der Waals surface area contributed by atoms with Crippen LogP contribution in [0.2, 0.25) is 0 Å². The first kappa shape index (κ1) is 26.3. The van der Waals surface area contributed by atoms with Crippen LogP contribution in [0.1, 0.15) is 65.5 Å². The van der Waals surface area contributed by atoms with Crippen LogP contribution in [0.5, 0.6) is 0 Å². The van der Waals surface area contributed by atoms with Crippen molar-refractivity contribution in [3.05, 3.63) is 75.7 Å². The SMILES string of the molecule is O=C(Nc1ccccc1N1CCCCC1)c1csc(C2CCN(C(=O)CCc3ccc(F)c(F)c3)CC2)n1. The Hall–Kier alpha value is -3.33. The van der Waals surface area contributed by atoms with Gasteiger partial charge in [-0.2, -0.15) is 0 Å². The molecule has 0 bridgehead atoms. The van der Waals surface area contributed by atoms with E-state index in [9.17, 15) is 18.4 Å². The summed E-state index contributed by atoms with van der Waals surface area (Å²) in [5.41, 5.74) is 2.89. The van der Waals surface area contributed by atoms with Gasteiger partial charge in [0, 0.05) is 43.9 Å². The molecule has 9 heteroatoms. The first-order valence-electron chi connectivity index (χ1n) is 13.3. The van der Waals surface area contributed by atoms with Gasteiger partial charge in [0.15, 0.2) is 11.6 Å². The highest BCUT2D eigenvalue weighted by atomic mass is 32.1. The molecule has 2 aliphatic rings. The van der Waals surface area contributed by atoms with Gasteiger partial charge < -0.3 is 15.1 Å². The lowest BCUT2D eigenvalue weighted by atomic mass is 9.97. The molecule has 0 aliphatic carbocycles. The summed E-state index contributed by atoms with van der Waals surface area (Å²) in [6.07, 6.45) is 5.77. The Morgan fingerprint density at radius 2 is 1.74 bits per heavy atom. The van der Waals surface area contributed by atoms with Crippen LogP contribution >= 0.6 is 11.3 Å². The van der Waals surface area contributed by atoms with E-state index in [-0.39, 0.29) is 24.2 Å². The Morgan fingerprint density at radius 1 is 0.974 bits per heavy atom. The maximum absolute atomic E-state index is 13.4. The van der Waals surface area contributed by atoms with Gasteiger partial charge in [-0.25, -0.2) is 13.8 Å². The van der Waals surface area contributed by atoms with Crippen molar-refractivity contribution in [1.29, 1.82) is 0 Å². The Bertz CT molecular complexity index is 1280. The fraction of sp³-hybridized carbons (Fsp3) is 0.414. The number of hydrogen-bond donors (Lipinski definition) is 1. The number of nitrogens with one attached hydrogen (secondary N) is 1.